The number of urea groups is 1. The Hall–Kier alpha value is -3.55. The topological polar surface area (TPSA) is 109 Å². The molecule has 0 atom stereocenters. The van der Waals surface area contributed by atoms with Crippen LogP contribution in [0.1, 0.15) is 35.3 Å². The summed E-state index contributed by atoms with van der Waals surface area (Å²) < 4.78 is 5.42. The number of ether oxygens (including phenoxy) is 1. The number of hydrogen-bond donors (Lipinski definition) is 4. The van der Waals surface area contributed by atoms with Gasteiger partial charge in [0.05, 0.1) is 0 Å². The van der Waals surface area contributed by atoms with E-state index in [1.807, 2.05) is 39.0 Å². The first-order valence-corrected chi connectivity index (χ1v) is 9.26. The Morgan fingerprint density at radius 3 is 2.31 bits per heavy atom. The number of amides is 4. The molecule has 2 aromatic carbocycles. The molecule has 0 aliphatic heterocycles. The van der Waals surface area contributed by atoms with E-state index < -0.39 is 11.8 Å². The minimum atomic E-state index is -0.474. The molecule has 2 rings (SSSR count). The molecule has 0 saturated heterocycles. The summed E-state index contributed by atoms with van der Waals surface area (Å²) in [6, 6.07) is 13.8. The third-order valence-corrected chi connectivity index (χ3v) is 3.86. The zero-order chi connectivity index (χ0) is 21.2. The standard InChI is InChI=1S/C21H26N4O4/c1-14(2)23-21(28)22-12-16-8-10-17(11-9-16)20(27)25-24-19(26)13-29-18-7-5-4-6-15(18)3/h4-11,14H,12-13H2,1-3H3,(H,24,26)(H,25,27)(H2,22,23,28). The summed E-state index contributed by atoms with van der Waals surface area (Å²) in [6.07, 6.45) is 0. The molecule has 0 radical (unpaired) electrons. The summed E-state index contributed by atoms with van der Waals surface area (Å²) in [6.45, 7) is 5.76. The Morgan fingerprint density at radius 1 is 0.966 bits per heavy atom. The molecule has 0 aliphatic rings. The molecule has 2 aromatic rings. The van der Waals surface area contributed by atoms with Crippen molar-refractivity contribution in [2.45, 2.75) is 33.4 Å². The fourth-order valence-electron chi connectivity index (χ4n) is 2.37. The molecule has 8 nitrogen and oxygen atoms in total. The quantitative estimate of drug-likeness (QED) is 0.535. The smallest absolute Gasteiger partial charge is 0.315 e. The van der Waals surface area contributed by atoms with E-state index in [0.29, 0.717) is 17.9 Å². The highest BCUT2D eigenvalue weighted by Gasteiger charge is 2.09. The second-order valence-electron chi connectivity index (χ2n) is 6.74. The highest BCUT2D eigenvalue weighted by molar-refractivity contribution is 5.95. The minimum Gasteiger partial charge on any atom is -0.483 e. The van der Waals surface area contributed by atoms with Crippen molar-refractivity contribution in [3.05, 3.63) is 65.2 Å². The van der Waals surface area contributed by atoms with Crippen LogP contribution in [0.4, 0.5) is 4.79 Å². The summed E-state index contributed by atoms with van der Waals surface area (Å²) in [5, 5.41) is 5.46. The first-order valence-electron chi connectivity index (χ1n) is 9.26. The number of carbonyl (C=O) groups is 3. The number of rotatable bonds is 7. The molecule has 154 valence electrons. The molecular weight excluding hydrogens is 372 g/mol. The number of carbonyl (C=O) groups excluding carboxylic acids is 3. The van der Waals surface area contributed by atoms with Gasteiger partial charge >= 0.3 is 6.03 Å². The Morgan fingerprint density at radius 2 is 1.66 bits per heavy atom. The summed E-state index contributed by atoms with van der Waals surface area (Å²) in [7, 11) is 0. The van der Waals surface area contributed by atoms with Gasteiger partial charge in [0, 0.05) is 18.2 Å². The van der Waals surface area contributed by atoms with Gasteiger partial charge in [0.2, 0.25) is 0 Å². The number of hydrazine groups is 1. The first-order chi connectivity index (χ1) is 13.8. The van der Waals surface area contributed by atoms with Crippen molar-refractivity contribution in [3.8, 4) is 5.75 Å². The van der Waals surface area contributed by atoms with Gasteiger partial charge in [-0.2, -0.15) is 0 Å². The second-order valence-corrected chi connectivity index (χ2v) is 6.74. The molecule has 4 amide bonds. The van der Waals surface area contributed by atoms with Crippen LogP contribution >= 0.6 is 0 Å². The molecule has 0 aliphatic carbocycles. The van der Waals surface area contributed by atoms with E-state index in [2.05, 4.69) is 21.5 Å². The van der Waals surface area contributed by atoms with E-state index in [4.69, 9.17) is 4.74 Å². The van der Waals surface area contributed by atoms with E-state index in [-0.39, 0.29) is 18.7 Å². The third kappa shape index (κ3) is 7.53. The van der Waals surface area contributed by atoms with Crippen molar-refractivity contribution >= 4 is 17.8 Å². The van der Waals surface area contributed by atoms with Gasteiger partial charge in [-0.25, -0.2) is 4.79 Å². The highest BCUT2D eigenvalue weighted by atomic mass is 16.5. The van der Waals surface area contributed by atoms with Crippen molar-refractivity contribution in [1.29, 1.82) is 0 Å². The highest BCUT2D eigenvalue weighted by Crippen LogP contribution is 2.15. The van der Waals surface area contributed by atoms with Crippen LogP contribution < -0.4 is 26.2 Å². The van der Waals surface area contributed by atoms with Crippen LogP contribution in [0.2, 0.25) is 0 Å². The van der Waals surface area contributed by atoms with Crippen molar-refractivity contribution in [3.63, 3.8) is 0 Å². The molecule has 0 spiro atoms. The molecule has 8 heteroatoms. The van der Waals surface area contributed by atoms with Crippen LogP contribution in [0.15, 0.2) is 48.5 Å². The first kappa shape index (κ1) is 21.7. The van der Waals surface area contributed by atoms with Gasteiger partial charge in [-0.05, 0) is 50.1 Å². The Bertz CT molecular complexity index is 850. The Balaban J connectivity index is 1.75. The van der Waals surface area contributed by atoms with Crippen LogP contribution in [0, 0.1) is 6.92 Å². The zero-order valence-electron chi connectivity index (χ0n) is 16.7. The SMILES string of the molecule is Cc1ccccc1OCC(=O)NNC(=O)c1ccc(CNC(=O)NC(C)C)cc1. The van der Waals surface area contributed by atoms with Crippen LogP contribution in [-0.2, 0) is 11.3 Å². The molecule has 29 heavy (non-hydrogen) atoms. The number of para-hydroxylation sites is 1. The number of benzene rings is 2. The third-order valence-electron chi connectivity index (χ3n) is 3.86. The molecule has 0 fully saturated rings. The molecule has 0 saturated carbocycles. The zero-order valence-corrected chi connectivity index (χ0v) is 16.7. The fraction of sp³-hybridized carbons (Fsp3) is 0.286. The van der Waals surface area contributed by atoms with Crippen LogP contribution in [0.3, 0.4) is 0 Å². The van der Waals surface area contributed by atoms with E-state index in [9.17, 15) is 14.4 Å². The summed E-state index contributed by atoms with van der Waals surface area (Å²) in [4.78, 5) is 35.6. The van der Waals surface area contributed by atoms with Crippen molar-refractivity contribution in [2.24, 2.45) is 0 Å². The number of nitrogens with one attached hydrogen (secondary N) is 4. The van der Waals surface area contributed by atoms with E-state index in [0.717, 1.165) is 11.1 Å². The number of aryl methyl sites for hydroxylation is 1. The number of hydrogen-bond acceptors (Lipinski definition) is 4. The Kier molecular flexibility index (Phi) is 8.02. The van der Waals surface area contributed by atoms with E-state index >= 15 is 0 Å². The van der Waals surface area contributed by atoms with Gasteiger partial charge in [-0.3, -0.25) is 20.4 Å². The van der Waals surface area contributed by atoms with Crippen LogP contribution in [0.5, 0.6) is 5.75 Å². The average Bonchev–Trinajstić information content (AvgIpc) is 2.69. The normalized spacial score (nSPS) is 10.2. The molecular formula is C21H26N4O4. The fourth-order valence-corrected chi connectivity index (χ4v) is 2.37. The predicted octanol–water partition coefficient (Wildman–Crippen LogP) is 2.04. The van der Waals surface area contributed by atoms with Crippen LogP contribution in [-0.4, -0.2) is 30.5 Å². The second kappa shape index (κ2) is 10.7. The summed E-state index contributed by atoms with van der Waals surface area (Å²) >= 11 is 0. The van der Waals surface area contributed by atoms with E-state index in [1.54, 1.807) is 30.3 Å². The minimum absolute atomic E-state index is 0.0541. The summed E-state index contributed by atoms with van der Waals surface area (Å²) in [5.41, 5.74) is 6.79. The lowest BCUT2D eigenvalue weighted by molar-refractivity contribution is -0.123. The maximum Gasteiger partial charge on any atom is 0.315 e. The predicted molar refractivity (Wildman–Crippen MR) is 109 cm³/mol. The maximum absolute atomic E-state index is 12.1. The largest absolute Gasteiger partial charge is 0.483 e. The van der Waals surface area contributed by atoms with Gasteiger partial charge in [-0.15, -0.1) is 0 Å². The lowest BCUT2D eigenvalue weighted by Gasteiger charge is -2.11. The molecule has 4 N–H and O–H groups in total. The summed E-state index contributed by atoms with van der Waals surface area (Å²) in [5.74, 6) is -0.315. The van der Waals surface area contributed by atoms with Gasteiger partial charge in [0.15, 0.2) is 6.61 Å². The van der Waals surface area contributed by atoms with Gasteiger partial charge in [-0.1, -0.05) is 30.3 Å². The van der Waals surface area contributed by atoms with Crippen LogP contribution in [0.25, 0.3) is 0 Å². The molecule has 0 bridgehead atoms. The van der Waals surface area contributed by atoms with Gasteiger partial charge < -0.3 is 15.4 Å². The maximum atomic E-state index is 12.1. The van der Waals surface area contributed by atoms with Gasteiger partial charge in [0.25, 0.3) is 11.8 Å². The van der Waals surface area contributed by atoms with Crippen molar-refractivity contribution in [1.82, 2.24) is 21.5 Å². The molecule has 0 heterocycles. The lowest BCUT2D eigenvalue weighted by Crippen LogP contribution is -2.43. The lowest BCUT2D eigenvalue weighted by atomic mass is 10.1. The molecule has 0 aromatic heterocycles. The molecule has 0 unspecified atom stereocenters. The monoisotopic (exact) mass is 398 g/mol. The van der Waals surface area contributed by atoms with E-state index in [1.165, 1.54) is 0 Å². The van der Waals surface area contributed by atoms with Crippen molar-refractivity contribution < 1.29 is 19.1 Å². The Labute approximate surface area is 170 Å². The van der Waals surface area contributed by atoms with Crippen molar-refractivity contribution in [2.75, 3.05) is 6.61 Å². The average molecular weight is 398 g/mol. The van der Waals surface area contributed by atoms with Gasteiger partial charge in [0.1, 0.15) is 5.75 Å².